The number of hydrogen-bond donors (Lipinski definition) is 1. The summed E-state index contributed by atoms with van der Waals surface area (Å²) in [5.41, 5.74) is 0. The van der Waals surface area contributed by atoms with Crippen LogP contribution in [0.4, 0.5) is 0 Å². The van der Waals surface area contributed by atoms with Crippen LogP contribution in [0.15, 0.2) is 0 Å². The Hall–Kier alpha value is 0.660. The number of hydrogen-bond acceptors (Lipinski definition) is 3. The van der Waals surface area contributed by atoms with Gasteiger partial charge in [0.05, 0.1) is 10.7 Å². The summed E-state index contributed by atoms with van der Waals surface area (Å²) in [6.07, 6.45) is 1.17. The molecule has 0 radical (unpaired) electrons. The summed E-state index contributed by atoms with van der Waals surface area (Å²) >= 11 is 3.77. The molecule has 0 bridgehead atoms. The topological polar surface area (TPSA) is 20.2 Å². The van der Waals surface area contributed by atoms with Crippen molar-refractivity contribution in [2.45, 2.75) is 24.0 Å². The average molecular weight is 164 g/mol. The highest BCUT2D eigenvalue weighted by atomic mass is 32.2. The van der Waals surface area contributed by atoms with E-state index in [9.17, 15) is 0 Å². The fourth-order valence-electron chi connectivity index (χ4n) is 0.785. The molecule has 0 aliphatic carbocycles. The van der Waals surface area contributed by atoms with Crippen LogP contribution in [-0.4, -0.2) is 27.3 Å². The Morgan fingerprint density at radius 3 is 2.33 bits per heavy atom. The molecule has 54 valence electrons. The van der Waals surface area contributed by atoms with E-state index in [1.54, 1.807) is 0 Å². The zero-order valence-electron chi connectivity index (χ0n) is 5.54. The van der Waals surface area contributed by atoms with Crippen LogP contribution in [0.2, 0.25) is 0 Å². The molecule has 0 aromatic carbocycles. The van der Waals surface area contributed by atoms with Gasteiger partial charge in [0.15, 0.2) is 0 Å². The first kappa shape index (κ1) is 7.76. The summed E-state index contributed by atoms with van der Waals surface area (Å²) < 4.78 is 0.443. The van der Waals surface area contributed by atoms with Crippen molar-refractivity contribution in [1.82, 2.24) is 0 Å². The third kappa shape index (κ3) is 2.40. The summed E-state index contributed by atoms with van der Waals surface area (Å²) in [5.74, 6) is 2.45. The van der Waals surface area contributed by atoms with E-state index < -0.39 is 0 Å². The van der Waals surface area contributed by atoms with Gasteiger partial charge >= 0.3 is 0 Å². The number of aliphatic hydroxyl groups excluding tert-OH is 1. The lowest BCUT2D eigenvalue weighted by atomic mass is 10.5. The number of aliphatic hydroxyl groups is 1. The zero-order valence-corrected chi connectivity index (χ0v) is 7.17. The van der Waals surface area contributed by atoms with Crippen molar-refractivity contribution in [2.75, 3.05) is 11.5 Å². The normalized spacial score (nSPS) is 26.0. The van der Waals surface area contributed by atoms with Gasteiger partial charge in [0, 0.05) is 0 Å². The largest absolute Gasteiger partial charge is 0.391 e. The summed E-state index contributed by atoms with van der Waals surface area (Å²) in [4.78, 5) is 0. The first-order valence-electron chi connectivity index (χ1n) is 3.22. The Bertz CT molecular complexity index is 79.1. The van der Waals surface area contributed by atoms with E-state index in [1.807, 2.05) is 30.4 Å². The Kier molecular flexibility index (Phi) is 3.22. The molecule has 9 heavy (non-hydrogen) atoms. The van der Waals surface area contributed by atoms with Gasteiger partial charge in [-0.05, 0) is 24.9 Å². The second-order valence-electron chi connectivity index (χ2n) is 2.20. The molecule has 0 spiro atoms. The summed E-state index contributed by atoms with van der Waals surface area (Å²) in [6.45, 7) is 1.87. The quantitative estimate of drug-likeness (QED) is 0.635. The van der Waals surface area contributed by atoms with Gasteiger partial charge in [-0.25, -0.2) is 0 Å². The molecule has 0 aromatic rings. The lowest BCUT2D eigenvalue weighted by molar-refractivity contribution is 0.212. The van der Waals surface area contributed by atoms with Gasteiger partial charge in [-0.2, -0.15) is 0 Å². The van der Waals surface area contributed by atoms with Crippen molar-refractivity contribution in [3.63, 3.8) is 0 Å². The second-order valence-corrected chi connectivity index (χ2v) is 5.00. The fraction of sp³-hybridized carbons (Fsp3) is 1.00. The molecule has 0 aromatic heterocycles. The molecule has 3 heteroatoms. The van der Waals surface area contributed by atoms with Crippen LogP contribution < -0.4 is 0 Å². The van der Waals surface area contributed by atoms with Crippen molar-refractivity contribution in [2.24, 2.45) is 0 Å². The van der Waals surface area contributed by atoms with E-state index in [0.29, 0.717) is 4.58 Å². The van der Waals surface area contributed by atoms with Crippen LogP contribution in [0.3, 0.4) is 0 Å². The summed E-state index contributed by atoms with van der Waals surface area (Å²) in [6, 6.07) is 0. The maximum absolute atomic E-state index is 9.14. The number of thioether (sulfide) groups is 2. The highest BCUT2D eigenvalue weighted by molar-refractivity contribution is 8.17. The van der Waals surface area contributed by atoms with Crippen LogP contribution in [0.25, 0.3) is 0 Å². The molecule has 1 saturated heterocycles. The van der Waals surface area contributed by atoms with Crippen molar-refractivity contribution in [1.29, 1.82) is 0 Å². The molecule has 1 fully saturated rings. The van der Waals surface area contributed by atoms with E-state index in [0.717, 1.165) is 0 Å². The molecule has 1 unspecified atom stereocenters. The van der Waals surface area contributed by atoms with Gasteiger partial charge in [-0.1, -0.05) is 0 Å². The van der Waals surface area contributed by atoms with Crippen molar-refractivity contribution in [3.8, 4) is 0 Å². The highest BCUT2D eigenvalue weighted by Gasteiger charge is 2.18. The first-order chi connectivity index (χ1) is 4.30. The maximum atomic E-state index is 9.14. The van der Waals surface area contributed by atoms with Gasteiger partial charge in [0.25, 0.3) is 0 Å². The monoisotopic (exact) mass is 164 g/mol. The molecular formula is C6H12OS2. The van der Waals surface area contributed by atoms with E-state index >= 15 is 0 Å². The summed E-state index contributed by atoms with van der Waals surface area (Å²) in [5, 5.41) is 9.14. The predicted molar refractivity (Wildman–Crippen MR) is 45.0 cm³/mol. The molecule has 1 aliphatic heterocycles. The molecule has 1 aliphatic rings. The minimum Gasteiger partial charge on any atom is -0.391 e. The maximum Gasteiger partial charge on any atom is 0.0758 e. The first-order valence-corrected chi connectivity index (χ1v) is 5.32. The molecule has 1 nitrogen and oxygen atoms in total. The van der Waals surface area contributed by atoms with Gasteiger partial charge in [0.1, 0.15) is 0 Å². The molecular weight excluding hydrogens is 152 g/mol. The Morgan fingerprint density at radius 2 is 2.00 bits per heavy atom. The average Bonchev–Trinajstić information content (AvgIpc) is 1.90. The minimum atomic E-state index is -0.139. The Morgan fingerprint density at radius 1 is 1.44 bits per heavy atom. The van der Waals surface area contributed by atoms with Crippen LogP contribution >= 0.6 is 23.5 Å². The Balaban J connectivity index is 2.23. The number of rotatable bonds is 1. The van der Waals surface area contributed by atoms with Crippen LogP contribution in [0.1, 0.15) is 13.3 Å². The van der Waals surface area contributed by atoms with Gasteiger partial charge in [0.2, 0.25) is 0 Å². The van der Waals surface area contributed by atoms with E-state index in [4.69, 9.17) is 5.11 Å². The zero-order chi connectivity index (χ0) is 6.69. The molecule has 1 atom stereocenters. The van der Waals surface area contributed by atoms with E-state index in [2.05, 4.69) is 0 Å². The smallest absolute Gasteiger partial charge is 0.0758 e. The predicted octanol–water partition coefficient (Wildman–Crippen LogP) is 1.56. The van der Waals surface area contributed by atoms with Crippen LogP contribution in [-0.2, 0) is 0 Å². The lowest BCUT2D eigenvalue weighted by Crippen LogP contribution is -2.19. The van der Waals surface area contributed by atoms with Crippen molar-refractivity contribution < 1.29 is 5.11 Å². The summed E-state index contributed by atoms with van der Waals surface area (Å²) in [7, 11) is 0. The molecule has 0 saturated carbocycles. The third-order valence-electron chi connectivity index (χ3n) is 1.25. The molecule has 1 heterocycles. The molecule has 1 N–H and O–H groups in total. The SMILES string of the molecule is CC(O)C1SCCCS1. The Labute approximate surface area is 64.6 Å². The fourth-order valence-corrected chi connectivity index (χ4v) is 3.57. The van der Waals surface area contributed by atoms with Crippen molar-refractivity contribution in [3.05, 3.63) is 0 Å². The standard InChI is InChI=1S/C6H12OS2/c1-5(7)6-8-3-2-4-9-6/h5-7H,2-4H2,1H3. The minimum absolute atomic E-state index is 0.139. The van der Waals surface area contributed by atoms with Gasteiger partial charge in [-0.15, -0.1) is 23.5 Å². The van der Waals surface area contributed by atoms with Crippen LogP contribution in [0, 0.1) is 0 Å². The third-order valence-corrected chi connectivity index (χ3v) is 4.56. The second kappa shape index (κ2) is 3.74. The molecule has 1 rings (SSSR count). The van der Waals surface area contributed by atoms with Gasteiger partial charge in [-0.3, -0.25) is 0 Å². The van der Waals surface area contributed by atoms with Crippen molar-refractivity contribution >= 4 is 23.5 Å². The lowest BCUT2D eigenvalue weighted by Gasteiger charge is -2.22. The van der Waals surface area contributed by atoms with E-state index in [1.165, 1.54) is 17.9 Å². The van der Waals surface area contributed by atoms with Gasteiger partial charge < -0.3 is 5.11 Å². The molecule has 0 amide bonds. The van der Waals surface area contributed by atoms with E-state index in [-0.39, 0.29) is 6.10 Å². The highest BCUT2D eigenvalue weighted by Crippen LogP contribution is 2.32. The van der Waals surface area contributed by atoms with Crippen LogP contribution in [0.5, 0.6) is 0 Å².